The first-order chi connectivity index (χ1) is 12.2. The van der Waals surface area contributed by atoms with Gasteiger partial charge in [0.05, 0.1) is 6.26 Å². The van der Waals surface area contributed by atoms with E-state index in [1.54, 1.807) is 6.07 Å². The Morgan fingerprint density at radius 1 is 1.23 bits per heavy atom. The summed E-state index contributed by atoms with van der Waals surface area (Å²) in [7, 11) is 1.53. The predicted octanol–water partition coefficient (Wildman–Crippen LogP) is 2.96. The number of nitrogens with zero attached hydrogens (tertiary/aromatic N) is 1. The zero-order chi connectivity index (χ0) is 19.3. The molecule has 1 atom stereocenters. The van der Waals surface area contributed by atoms with Gasteiger partial charge in [-0.05, 0) is 36.8 Å². The minimum Gasteiger partial charge on any atom is -0.459 e. The molecule has 0 aliphatic heterocycles. The number of furan rings is 1. The van der Waals surface area contributed by atoms with Gasteiger partial charge < -0.3 is 19.4 Å². The van der Waals surface area contributed by atoms with Gasteiger partial charge in [0.1, 0.15) is 11.8 Å². The number of likely N-dealkylation sites (N-methyl/N-ethyl adjacent to an activating group) is 1. The topological polar surface area (TPSA) is 71.8 Å². The molecular weight excluding hydrogens is 353 g/mol. The van der Waals surface area contributed by atoms with Crippen LogP contribution in [0.1, 0.15) is 23.0 Å². The van der Waals surface area contributed by atoms with Crippen molar-refractivity contribution in [2.45, 2.75) is 25.9 Å². The molecule has 0 aliphatic carbocycles. The van der Waals surface area contributed by atoms with Gasteiger partial charge in [-0.3, -0.25) is 9.59 Å². The van der Waals surface area contributed by atoms with Crippen LogP contribution in [0.5, 0.6) is 5.75 Å². The Morgan fingerprint density at radius 3 is 2.42 bits per heavy atom. The summed E-state index contributed by atoms with van der Waals surface area (Å²) in [6.07, 6.45) is -3.41. The summed E-state index contributed by atoms with van der Waals surface area (Å²) in [6.45, 7) is 1.69. The molecule has 0 radical (unpaired) electrons. The molecule has 1 heterocycles. The Bertz CT molecular complexity index is 742. The molecule has 0 fully saturated rings. The third-order valence-corrected chi connectivity index (χ3v) is 3.42. The number of hydrogen-bond acceptors (Lipinski definition) is 4. The molecule has 0 saturated carbocycles. The van der Waals surface area contributed by atoms with Crippen LogP contribution in [0.2, 0.25) is 0 Å². The van der Waals surface area contributed by atoms with E-state index >= 15 is 0 Å². The van der Waals surface area contributed by atoms with E-state index in [1.165, 1.54) is 55.5 Å². The molecule has 140 valence electrons. The normalized spacial score (nSPS) is 12.3. The highest BCUT2D eigenvalue weighted by Crippen LogP contribution is 2.23. The fourth-order valence-corrected chi connectivity index (χ4v) is 2.22. The standard InChI is InChI=1S/C17H17F3N2O4/c1-11(21-15(23)14-4-3-9-25-14)16(24)22(2)10-12-5-7-13(8-6-12)26-17(18,19)20/h3-9,11H,10H2,1-2H3,(H,21,23). The number of alkyl halides is 3. The number of halogens is 3. The van der Waals surface area contributed by atoms with E-state index in [0.29, 0.717) is 5.56 Å². The van der Waals surface area contributed by atoms with Crippen LogP contribution in [0.3, 0.4) is 0 Å². The third kappa shape index (κ3) is 5.54. The quantitative estimate of drug-likeness (QED) is 0.849. The average molecular weight is 370 g/mol. The highest BCUT2D eigenvalue weighted by atomic mass is 19.4. The molecule has 2 aromatic rings. The molecule has 1 unspecified atom stereocenters. The lowest BCUT2D eigenvalue weighted by atomic mass is 10.2. The maximum atomic E-state index is 12.3. The van der Waals surface area contributed by atoms with Crippen molar-refractivity contribution in [3.05, 3.63) is 54.0 Å². The number of ether oxygens (including phenoxy) is 1. The number of rotatable bonds is 6. The SMILES string of the molecule is CC(NC(=O)c1ccco1)C(=O)N(C)Cc1ccc(OC(F)(F)F)cc1. The van der Waals surface area contributed by atoms with Gasteiger partial charge in [-0.2, -0.15) is 0 Å². The summed E-state index contributed by atoms with van der Waals surface area (Å²) >= 11 is 0. The van der Waals surface area contributed by atoms with Crippen molar-refractivity contribution < 1.29 is 31.9 Å². The van der Waals surface area contributed by atoms with Crippen molar-refractivity contribution in [2.24, 2.45) is 0 Å². The number of carbonyl (C=O) groups is 2. The Balaban J connectivity index is 1.90. The van der Waals surface area contributed by atoms with Gasteiger partial charge in [0, 0.05) is 13.6 Å². The van der Waals surface area contributed by atoms with E-state index in [-0.39, 0.29) is 24.0 Å². The number of carbonyl (C=O) groups excluding carboxylic acids is 2. The van der Waals surface area contributed by atoms with Crippen molar-refractivity contribution in [1.82, 2.24) is 10.2 Å². The number of amides is 2. The molecule has 1 N–H and O–H groups in total. The van der Waals surface area contributed by atoms with Crippen LogP contribution in [0.15, 0.2) is 47.1 Å². The summed E-state index contributed by atoms with van der Waals surface area (Å²) in [5.74, 6) is -1.12. The van der Waals surface area contributed by atoms with Gasteiger partial charge >= 0.3 is 6.36 Å². The molecule has 0 saturated heterocycles. The van der Waals surface area contributed by atoms with E-state index in [1.807, 2.05) is 0 Å². The van der Waals surface area contributed by atoms with Crippen LogP contribution in [-0.2, 0) is 11.3 Å². The van der Waals surface area contributed by atoms with Crippen molar-refractivity contribution in [1.29, 1.82) is 0 Å². The first-order valence-electron chi connectivity index (χ1n) is 7.60. The molecule has 26 heavy (non-hydrogen) atoms. The first kappa shape index (κ1) is 19.4. The van der Waals surface area contributed by atoms with Crippen molar-refractivity contribution >= 4 is 11.8 Å². The second-order valence-corrected chi connectivity index (χ2v) is 5.56. The van der Waals surface area contributed by atoms with E-state index in [9.17, 15) is 22.8 Å². The minimum absolute atomic E-state index is 0.0903. The lowest BCUT2D eigenvalue weighted by Crippen LogP contribution is -2.45. The fourth-order valence-electron chi connectivity index (χ4n) is 2.22. The third-order valence-electron chi connectivity index (χ3n) is 3.42. The van der Waals surface area contributed by atoms with Crippen LogP contribution < -0.4 is 10.1 Å². The summed E-state index contributed by atoms with van der Waals surface area (Å²) in [4.78, 5) is 25.5. The zero-order valence-corrected chi connectivity index (χ0v) is 14.0. The van der Waals surface area contributed by atoms with Gasteiger partial charge in [0.2, 0.25) is 5.91 Å². The van der Waals surface area contributed by atoms with Crippen molar-refractivity contribution in [3.63, 3.8) is 0 Å². The summed E-state index contributed by atoms with van der Waals surface area (Å²) in [6, 6.07) is 7.42. The maximum absolute atomic E-state index is 12.3. The van der Waals surface area contributed by atoms with E-state index in [2.05, 4.69) is 10.1 Å². The number of hydrogen-bond donors (Lipinski definition) is 1. The van der Waals surface area contributed by atoms with Gasteiger partial charge in [-0.1, -0.05) is 12.1 Å². The van der Waals surface area contributed by atoms with Gasteiger partial charge in [-0.15, -0.1) is 13.2 Å². The van der Waals surface area contributed by atoms with Gasteiger partial charge in [0.15, 0.2) is 5.76 Å². The zero-order valence-electron chi connectivity index (χ0n) is 14.0. The van der Waals surface area contributed by atoms with E-state index < -0.39 is 18.3 Å². The molecule has 1 aromatic carbocycles. The van der Waals surface area contributed by atoms with Crippen LogP contribution in [-0.4, -0.2) is 36.2 Å². The van der Waals surface area contributed by atoms with Gasteiger partial charge in [-0.25, -0.2) is 0 Å². The lowest BCUT2D eigenvalue weighted by Gasteiger charge is -2.22. The molecule has 6 nitrogen and oxygen atoms in total. The van der Waals surface area contributed by atoms with Crippen molar-refractivity contribution in [3.8, 4) is 5.75 Å². The van der Waals surface area contributed by atoms with E-state index in [0.717, 1.165) is 0 Å². The van der Waals surface area contributed by atoms with Crippen molar-refractivity contribution in [2.75, 3.05) is 7.05 Å². The molecule has 1 aromatic heterocycles. The van der Waals surface area contributed by atoms with Crippen LogP contribution in [0.25, 0.3) is 0 Å². The largest absolute Gasteiger partial charge is 0.573 e. The molecule has 9 heteroatoms. The maximum Gasteiger partial charge on any atom is 0.573 e. The second kappa shape index (κ2) is 7.94. The molecular formula is C17H17F3N2O4. The number of benzene rings is 1. The Morgan fingerprint density at radius 2 is 1.88 bits per heavy atom. The van der Waals surface area contributed by atoms with Gasteiger partial charge in [0.25, 0.3) is 5.91 Å². The smallest absolute Gasteiger partial charge is 0.459 e. The molecule has 2 rings (SSSR count). The predicted molar refractivity (Wildman–Crippen MR) is 85.2 cm³/mol. The summed E-state index contributed by atoms with van der Waals surface area (Å²) in [5.41, 5.74) is 0.611. The minimum atomic E-state index is -4.75. The monoisotopic (exact) mass is 370 g/mol. The first-order valence-corrected chi connectivity index (χ1v) is 7.60. The van der Waals surface area contributed by atoms with Crippen LogP contribution in [0.4, 0.5) is 13.2 Å². The Kier molecular flexibility index (Phi) is 5.91. The Hall–Kier alpha value is -2.97. The van der Waals surface area contributed by atoms with E-state index in [4.69, 9.17) is 4.42 Å². The molecule has 0 bridgehead atoms. The average Bonchev–Trinajstić information content (AvgIpc) is 3.09. The molecule has 0 spiro atoms. The molecule has 2 amide bonds. The second-order valence-electron chi connectivity index (χ2n) is 5.56. The Labute approximate surface area is 147 Å². The lowest BCUT2D eigenvalue weighted by molar-refractivity contribution is -0.274. The number of nitrogens with one attached hydrogen (secondary N) is 1. The van der Waals surface area contributed by atoms with Crippen LogP contribution in [0, 0.1) is 0 Å². The highest BCUT2D eigenvalue weighted by molar-refractivity contribution is 5.95. The fraction of sp³-hybridized carbons (Fsp3) is 0.294. The highest BCUT2D eigenvalue weighted by Gasteiger charge is 2.31. The molecule has 0 aliphatic rings. The van der Waals surface area contributed by atoms with Crippen LogP contribution >= 0.6 is 0 Å². The summed E-state index contributed by atoms with van der Waals surface area (Å²) < 4.78 is 45.1. The summed E-state index contributed by atoms with van der Waals surface area (Å²) in [5, 5.41) is 2.51.